The van der Waals surface area contributed by atoms with E-state index in [2.05, 4.69) is 41.0 Å². The summed E-state index contributed by atoms with van der Waals surface area (Å²) in [7, 11) is 4.22. The molecule has 1 heterocycles. The predicted molar refractivity (Wildman–Crippen MR) is 68.6 cm³/mol. The highest BCUT2D eigenvalue weighted by Crippen LogP contribution is 2.07. The highest BCUT2D eigenvalue weighted by molar-refractivity contribution is 7.07. The van der Waals surface area contributed by atoms with Gasteiger partial charge >= 0.3 is 0 Å². The van der Waals surface area contributed by atoms with Crippen molar-refractivity contribution in [3.05, 3.63) is 22.4 Å². The molecule has 0 aliphatic heterocycles. The molecule has 1 unspecified atom stereocenters. The Kier molecular flexibility index (Phi) is 5.91. The molecule has 0 radical (unpaired) electrons. The third kappa shape index (κ3) is 5.30. The molecule has 3 heteroatoms. The molecule has 1 aromatic heterocycles. The Morgan fingerprint density at radius 1 is 1.53 bits per heavy atom. The van der Waals surface area contributed by atoms with Crippen molar-refractivity contribution >= 4 is 11.3 Å². The van der Waals surface area contributed by atoms with E-state index in [9.17, 15) is 0 Å². The SMILES string of the molecule is CNCC(C)CN(C)CCc1ccsc1. The number of hydrogen-bond donors (Lipinski definition) is 1. The summed E-state index contributed by atoms with van der Waals surface area (Å²) in [5.41, 5.74) is 1.47. The van der Waals surface area contributed by atoms with Crippen molar-refractivity contribution in [2.24, 2.45) is 5.92 Å². The third-order valence-corrected chi connectivity index (χ3v) is 3.27. The Hall–Kier alpha value is -0.380. The quantitative estimate of drug-likeness (QED) is 0.766. The maximum Gasteiger partial charge on any atom is 0.00192 e. The molecule has 0 saturated heterocycles. The summed E-state index contributed by atoms with van der Waals surface area (Å²) in [6.07, 6.45) is 1.17. The second-order valence-corrected chi connectivity index (χ2v) is 5.09. The summed E-state index contributed by atoms with van der Waals surface area (Å²) in [6.45, 7) is 5.72. The lowest BCUT2D eigenvalue weighted by Gasteiger charge is -2.20. The fourth-order valence-corrected chi connectivity index (χ4v) is 2.49. The first-order chi connectivity index (χ1) is 7.22. The maximum atomic E-state index is 3.22. The lowest BCUT2D eigenvalue weighted by Crippen LogP contribution is -2.31. The Labute approximate surface area is 97.3 Å². The molecule has 0 aliphatic carbocycles. The summed E-state index contributed by atoms with van der Waals surface area (Å²) in [4.78, 5) is 2.42. The zero-order chi connectivity index (χ0) is 11.1. The number of thiophene rings is 1. The standard InChI is InChI=1S/C12H22N2S/c1-11(8-13-2)9-14(3)6-4-12-5-7-15-10-12/h5,7,10-11,13H,4,6,8-9H2,1-3H3. The van der Waals surface area contributed by atoms with Crippen LogP contribution in [0.2, 0.25) is 0 Å². The van der Waals surface area contributed by atoms with Crippen molar-refractivity contribution in [2.45, 2.75) is 13.3 Å². The molecule has 0 aromatic carbocycles. The molecular weight excluding hydrogens is 204 g/mol. The molecule has 0 aliphatic rings. The Morgan fingerprint density at radius 2 is 2.33 bits per heavy atom. The van der Waals surface area contributed by atoms with Gasteiger partial charge in [0.1, 0.15) is 0 Å². The van der Waals surface area contributed by atoms with Gasteiger partial charge in [0.2, 0.25) is 0 Å². The molecule has 1 aromatic rings. The van der Waals surface area contributed by atoms with Crippen LogP contribution in [0.1, 0.15) is 12.5 Å². The smallest absolute Gasteiger partial charge is 0.00192 e. The van der Waals surface area contributed by atoms with Crippen LogP contribution in [0.15, 0.2) is 16.8 Å². The van der Waals surface area contributed by atoms with Crippen LogP contribution in [0.5, 0.6) is 0 Å². The molecule has 15 heavy (non-hydrogen) atoms. The molecule has 0 saturated carbocycles. The molecule has 0 spiro atoms. The zero-order valence-electron chi connectivity index (χ0n) is 9.99. The van der Waals surface area contributed by atoms with E-state index in [1.54, 1.807) is 11.3 Å². The minimum absolute atomic E-state index is 0.725. The van der Waals surface area contributed by atoms with Crippen LogP contribution in [0, 0.1) is 5.92 Å². The number of likely N-dealkylation sites (N-methyl/N-ethyl adjacent to an activating group) is 1. The van der Waals surface area contributed by atoms with E-state index in [-0.39, 0.29) is 0 Å². The summed E-state index contributed by atoms with van der Waals surface area (Å²) in [6, 6.07) is 2.22. The fraction of sp³-hybridized carbons (Fsp3) is 0.667. The summed E-state index contributed by atoms with van der Waals surface area (Å²) >= 11 is 1.78. The molecule has 1 N–H and O–H groups in total. The first-order valence-corrected chi connectivity index (χ1v) is 6.51. The van der Waals surface area contributed by atoms with Gasteiger partial charge < -0.3 is 10.2 Å². The molecular formula is C12H22N2S. The van der Waals surface area contributed by atoms with E-state index in [1.807, 2.05) is 7.05 Å². The van der Waals surface area contributed by atoms with Crippen molar-refractivity contribution in [3.8, 4) is 0 Å². The van der Waals surface area contributed by atoms with Gasteiger partial charge in [0.05, 0.1) is 0 Å². The first-order valence-electron chi connectivity index (χ1n) is 5.56. The average molecular weight is 226 g/mol. The minimum atomic E-state index is 0.725. The highest BCUT2D eigenvalue weighted by atomic mass is 32.1. The van der Waals surface area contributed by atoms with Gasteiger partial charge in [-0.3, -0.25) is 0 Å². The summed E-state index contributed by atoms with van der Waals surface area (Å²) in [5.74, 6) is 0.725. The van der Waals surface area contributed by atoms with E-state index in [4.69, 9.17) is 0 Å². The van der Waals surface area contributed by atoms with E-state index >= 15 is 0 Å². The Morgan fingerprint density at radius 3 is 2.93 bits per heavy atom. The van der Waals surface area contributed by atoms with Crippen LogP contribution in [0.4, 0.5) is 0 Å². The molecule has 2 nitrogen and oxygen atoms in total. The van der Waals surface area contributed by atoms with Crippen molar-refractivity contribution in [2.75, 3.05) is 33.7 Å². The maximum absolute atomic E-state index is 3.22. The third-order valence-electron chi connectivity index (χ3n) is 2.54. The molecule has 86 valence electrons. The average Bonchev–Trinajstić information content (AvgIpc) is 2.67. The zero-order valence-corrected chi connectivity index (χ0v) is 10.8. The molecule has 0 amide bonds. The number of hydrogen-bond acceptors (Lipinski definition) is 3. The first kappa shape index (κ1) is 12.7. The predicted octanol–water partition coefficient (Wildman–Crippen LogP) is 2.08. The second-order valence-electron chi connectivity index (χ2n) is 4.31. The van der Waals surface area contributed by atoms with Crippen LogP contribution in [0.3, 0.4) is 0 Å². The lowest BCUT2D eigenvalue weighted by molar-refractivity contribution is 0.286. The Bertz CT molecular complexity index is 246. The van der Waals surface area contributed by atoms with Gasteiger partial charge in [0.25, 0.3) is 0 Å². The van der Waals surface area contributed by atoms with Crippen LogP contribution >= 0.6 is 11.3 Å². The van der Waals surface area contributed by atoms with Crippen molar-refractivity contribution in [1.82, 2.24) is 10.2 Å². The normalized spacial score (nSPS) is 13.3. The van der Waals surface area contributed by atoms with E-state index in [1.165, 1.54) is 18.5 Å². The van der Waals surface area contributed by atoms with Crippen molar-refractivity contribution < 1.29 is 0 Å². The van der Waals surface area contributed by atoms with E-state index in [0.29, 0.717) is 0 Å². The molecule has 0 bridgehead atoms. The van der Waals surface area contributed by atoms with Gasteiger partial charge in [-0.15, -0.1) is 0 Å². The van der Waals surface area contributed by atoms with Crippen LogP contribution in [0.25, 0.3) is 0 Å². The van der Waals surface area contributed by atoms with E-state index in [0.717, 1.165) is 19.0 Å². The van der Waals surface area contributed by atoms with Gasteiger partial charge in [-0.2, -0.15) is 11.3 Å². The van der Waals surface area contributed by atoms with Crippen LogP contribution in [-0.2, 0) is 6.42 Å². The van der Waals surface area contributed by atoms with Crippen LogP contribution < -0.4 is 5.32 Å². The van der Waals surface area contributed by atoms with Gasteiger partial charge in [0.15, 0.2) is 0 Å². The van der Waals surface area contributed by atoms with Crippen molar-refractivity contribution in [1.29, 1.82) is 0 Å². The fourth-order valence-electron chi connectivity index (χ4n) is 1.79. The molecule has 0 fully saturated rings. The van der Waals surface area contributed by atoms with Gasteiger partial charge in [-0.25, -0.2) is 0 Å². The summed E-state index contributed by atoms with van der Waals surface area (Å²) < 4.78 is 0. The molecule has 1 rings (SSSR count). The van der Waals surface area contributed by atoms with Gasteiger partial charge in [0, 0.05) is 13.1 Å². The number of nitrogens with zero attached hydrogens (tertiary/aromatic N) is 1. The second kappa shape index (κ2) is 6.99. The van der Waals surface area contributed by atoms with E-state index < -0.39 is 0 Å². The van der Waals surface area contributed by atoms with Crippen LogP contribution in [-0.4, -0.2) is 38.6 Å². The van der Waals surface area contributed by atoms with Gasteiger partial charge in [-0.1, -0.05) is 6.92 Å². The highest BCUT2D eigenvalue weighted by Gasteiger charge is 2.05. The Balaban J connectivity index is 2.15. The minimum Gasteiger partial charge on any atom is -0.319 e. The largest absolute Gasteiger partial charge is 0.319 e. The summed E-state index contributed by atoms with van der Waals surface area (Å²) in [5, 5.41) is 7.61. The number of nitrogens with one attached hydrogen (secondary N) is 1. The van der Waals surface area contributed by atoms with Crippen molar-refractivity contribution in [3.63, 3.8) is 0 Å². The molecule has 1 atom stereocenters. The lowest BCUT2D eigenvalue weighted by atomic mass is 10.1. The monoisotopic (exact) mass is 226 g/mol. The van der Waals surface area contributed by atoms with Gasteiger partial charge in [-0.05, 0) is 55.4 Å². The number of rotatable bonds is 7. The topological polar surface area (TPSA) is 15.3 Å².